The lowest BCUT2D eigenvalue weighted by molar-refractivity contribution is -0.130. The van der Waals surface area contributed by atoms with Gasteiger partial charge in [-0.3, -0.25) is 9.59 Å². The molecule has 0 atom stereocenters. The first-order valence-corrected chi connectivity index (χ1v) is 8.18. The van der Waals surface area contributed by atoms with Gasteiger partial charge in [0.15, 0.2) is 0 Å². The van der Waals surface area contributed by atoms with Crippen molar-refractivity contribution in [2.24, 2.45) is 0 Å². The Morgan fingerprint density at radius 1 is 1.19 bits per heavy atom. The third-order valence-electron chi connectivity index (χ3n) is 3.67. The molecular weight excluding hydrogens is 335 g/mol. The molecule has 136 valence electrons. The second-order valence-corrected chi connectivity index (χ2v) is 5.52. The Morgan fingerprint density at radius 2 is 1.92 bits per heavy atom. The Kier molecular flexibility index (Phi) is 6.91. The number of nitrogens with one attached hydrogen (secondary N) is 1. The Labute approximate surface area is 152 Å². The molecule has 0 aliphatic rings. The van der Waals surface area contributed by atoms with Gasteiger partial charge in [-0.05, 0) is 55.0 Å². The number of nitrogens with zero attached hydrogens (tertiary/aromatic N) is 1. The molecule has 2 aromatic carbocycles. The standard InChI is InChI=1S/C20H21FN2O3/c1-3-23(20(25)12-7-15-5-4-6-16(21)13-15)14-19(24)22-17-8-10-18(26-2)11-9-17/h4-13H,3,14H2,1-2H3,(H,22,24)/b12-7+. The van der Waals surface area contributed by atoms with Crippen LogP contribution in [0.5, 0.6) is 5.75 Å². The second-order valence-electron chi connectivity index (χ2n) is 5.52. The van der Waals surface area contributed by atoms with E-state index in [1.165, 1.54) is 29.2 Å². The summed E-state index contributed by atoms with van der Waals surface area (Å²) in [5.41, 5.74) is 1.20. The highest BCUT2D eigenvalue weighted by Crippen LogP contribution is 2.15. The summed E-state index contributed by atoms with van der Waals surface area (Å²) >= 11 is 0. The fourth-order valence-corrected chi connectivity index (χ4v) is 2.28. The van der Waals surface area contributed by atoms with Gasteiger partial charge in [0.1, 0.15) is 18.1 Å². The number of carbonyl (C=O) groups excluding carboxylic acids is 2. The molecule has 2 aromatic rings. The number of likely N-dealkylation sites (N-methyl/N-ethyl adjacent to an activating group) is 1. The van der Waals surface area contributed by atoms with Crippen LogP contribution in [0.4, 0.5) is 10.1 Å². The highest BCUT2D eigenvalue weighted by atomic mass is 19.1. The number of ether oxygens (including phenoxy) is 1. The highest BCUT2D eigenvalue weighted by Gasteiger charge is 2.13. The molecule has 2 amide bonds. The molecule has 5 nitrogen and oxygen atoms in total. The Morgan fingerprint density at radius 3 is 2.54 bits per heavy atom. The van der Waals surface area contributed by atoms with Gasteiger partial charge < -0.3 is 15.0 Å². The predicted octanol–water partition coefficient (Wildman–Crippen LogP) is 3.33. The minimum absolute atomic E-state index is 0.0746. The average molecular weight is 356 g/mol. The molecule has 0 bridgehead atoms. The van der Waals surface area contributed by atoms with Crippen LogP contribution >= 0.6 is 0 Å². The molecule has 6 heteroatoms. The number of methoxy groups -OCH3 is 1. The van der Waals surface area contributed by atoms with Crippen LogP contribution in [0.2, 0.25) is 0 Å². The van der Waals surface area contributed by atoms with Gasteiger partial charge >= 0.3 is 0 Å². The van der Waals surface area contributed by atoms with Gasteiger partial charge in [0.25, 0.3) is 0 Å². The molecule has 0 radical (unpaired) electrons. The summed E-state index contributed by atoms with van der Waals surface area (Å²) in [4.78, 5) is 25.8. The van der Waals surface area contributed by atoms with Crippen molar-refractivity contribution < 1.29 is 18.7 Å². The molecule has 0 aliphatic heterocycles. The number of carbonyl (C=O) groups is 2. The zero-order valence-electron chi connectivity index (χ0n) is 14.7. The number of hydrogen-bond acceptors (Lipinski definition) is 3. The molecule has 0 unspecified atom stereocenters. The number of anilines is 1. The number of amides is 2. The van der Waals surface area contributed by atoms with E-state index >= 15 is 0 Å². The van der Waals surface area contributed by atoms with Crippen LogP contribution in [0.25, 0.3) is 6.08 Å². The van der Waals surface area contributed by atoms with Crippen molar-refractivity contribution in [3.63, 3.8) is 0 Å². The van der Waals surface area contributed by atoms with E-state index in [1.807, 2.05) is 0 Å². The van der Waals surface area contributed by atoms with Crippen LogP contribution in [0, 0.1) is 5.82 Å². The maximum absolute atomic E-state index is 13.2. The van der Waals surface area contributed by atoms with E-state index in [-0.39, 0.29) is 24.2 Å². The van der Waals surface area contributed by atoms with Crippen molar-refractivity contribution in [3.05, 3.63) is 66.0 Å². The zero-order valence-corrected chi connectivity index (χ0v) is 14.7. The number of hydrogen-bond donors (Lipinski definition) is 1. The van der Waals surface area contributed by atoms with E-state index < -0.39 is 0 Å². The van der Waals surface area contributed by atoms with Crippen molar-refractivity contribution >= 4 is 23.6 Å². The first-order chi connectivity index (χ1) is 12.5. The molecule has 0 saturated heterocycles. The smallest absolute Gasteiger partial charge is 0.247 e. The summed E-state index contributed by atoms with van der Waals surface area (Å²) < 4.78 is 18.2. The molecule has 0 aliphatic carbocycles. The van der Waals surface area contributed by atoms with Crippen LogP contribution in [0.3, 0.4) is 0 Å². The van der Waals surface area contributed by atoms with Crippen molar-refractivity contribution in [2.45, 2.75) is 6.92 Å². The summed E-state index contributed by atoms with van der Waals surface area (Å²) in [5.74, 6) is -0.298. The molecule has 2 rings (SSSR count). The van der Waals surface area contributed by atoms with E-state index in [4.69, 9.17) is 4.74 Å². The molecule has 0 aromatic heterocycles. The number of halogens is 1. The van der Waals surface area contributed by atoms with Gasteiger partial charge in [0.05, 0.1) is 7.11 Å². The number of rotatable bonds is 7. The Bertz CT molecular complexity index is 788. The predicted molar refractivity (Wildman–Crippen MR) is 99.3 cm³/mol. The largest absolute Gasteiger partial charge is 0.497 e. The molecule has 0 spiro atoms. The van der Waals surface area contributed by atoms with Crippen molar-refractivity contribution in [1.29, 1.82) is 0 Å². The lowest BCUT2D eigenvalue weighted by atomic mass is 10.2. The van der Waals surface area contributed by atoms with Crippen LogP contribution in [0.1, 0.15) is 12.5 Å². The van der Waals surface area contributed by atoms with Crippen molar-refractivity contribution in [1.82, 2.24) is 4.90 Å². The minimum atomic E-state index is -0.370. The van der Waals surface area contributed by atoms with E-state index in [1.54, 1.807) is 50.4 Å². The fraction of sp³-hybridized carbons (Fsp3) is 0.200. The first-order valence-electron chi connectivity index (χ1n) is 8.18. The summed E-state index contributed by atoms with van der Waals surface area (Å²) in [6.07, 6.45) is 2.86. The van der Waals surface area contributed by atoms with Crippen LogP contribution < -0.4 is 10.1 Å². The van der Waals surface area contributed by atoms with Gasteiger partial charge in [-0.25, -0.2) is 4.39 Å². The molecule has 1 N–H and O–H groups in total. The Balaban J connectivity index is 1.94. The van der Waals surface area contributed by atoms with E-state index in [9.17, 15) is 14.0 Å². The first kappa shape index (κ1) is 19.2. The molecule has 0 heterocycles. The molecule has 0 saturated carbocycles. The highest BCUT2D eigenvalue weighted by molar-refractivity contribution is 5.98. The summed E-state index contributed by atoms with van der Waals surface area (Å²) in [6.45, 7) is 2.09. The molecule has 26 heavy (non-hydrogen) atoms. The second kappa shape index (κ2) is 9.36. The lowest BCUT2D eigenvalue weighted by Crippen LogP contribution is -2.36. The fourth-order valence-electron chi connectivity index (χ4n) is 2.28. The third kappa shape index (κ3) is 5.73. The molecular formula is C20H21FN2O3. The van der Waals surface area contributed by atoms with Gasteiger partial charge in [-0.1, -0.05) is 12.1 Å². The maximum atomic E-state index is 13.2. The minimum Gasteiger partial charge on any atom is -0.497 e. The van der Waals surface area contributed by atoms with Gasteiger partial charge in [-0.15, -0.1) is 0 Å². The normalized spacial score (nSPS) is 10.6. The van der Waals surface area contributed by atoms with Crippen molar-refractivity contribution in [3.8, 4) is 5.75 Å². The average Bonchev–Trinajstić information content (AvgIpc) is 2.65. The summed E-state index contributed by atoms with van der Waals surface area (Å²) in [5, 5.41) is 2.73. The summed E-state index contributed by atoms with van der Waals surface area (Å²) in [6, 6.07) is 12.8. The molecule has 0 fully saturated rings. The van der Waals surface area contributed by atoms with Crippen LogP contribution in [0.15, 0.2) is 54.6 Å². The zero-order chi connectivity index (χ0) is 18.9. The monoisotopic (exact) mass is 356 g/mol. The third-order valence-corrected chi connectivity index (χ3v) is 3.67. The van der Waals surface area contributed by atoms with E-state index in [0.29, 0.717) is 23.5 Å². The van der Waals surface area contributed by atoms with E-state index in [2.05, 4.69) is 5.32 Å². The summed E-state index contributed by atoms with van der Waals surface area (Å²) in [7, 11) is 1.57. The van der Waals surface area contributed by atoms with Crippen molar-refractivity contribution in [2.75, 3.05) is 25.5 Å². The Hall–Kier alpha value is -3.15. The maximum Gasteiger partial charge on any atom is 0.247 e. The topological polar surface area (TPSA) is 58.6 Å². The SMILES string of the molecule is CCN(CC(=O)Nc1ccc(OC)cc1)C(=O)/C=C/c1cccc(F)c1. The van der Waals surface area contributed by atoms with Crippen LogP contribution in [-0.4, -0.2) is 36.9 Å². The van der Waals surface area contributed by atoms with Gasteiger partial charge in [0, 0.05) is 18.3 Å². The van der Waals surface area contributed by atoms with Gasteiger partial charge in [0.2, 0.25) is 11.8 Å². The quantitative estimate of drug-likeness (QED) is 0.774. The van der Waals surface area contributed by atoms with E-state index in [0.717, 1.165) is 0 Å². The van der Waals surface area contributed by atoms with Crippen LogP contribution in [-0.2, 0) is 9.59 Å². The number of benzene rings is 2. The van der Waals surface area contributed by atoms with Gasteiger partial charge in [-0.2, -0.15) is 0 Å². The lowest BCUT2D eigenvalue weighted by Gasteiger charge is -2.18.